The molecule has 0 spiro atoms. The zero-order chi connectivity index (χ0) is 12.5. The number of nitrogens with one attached hydrogen (secondary N) is 1. The van der Waals surface area contributed by atoms with Crippen molar-refractivity contribution in [2.45, 2.75) is 12.5 Å². The Morgan fingerprint density at radius 3 is 3.22 bits per heavy atom. The van der Waals surface area contributed by atoms with Gasteiger partial charge in [0.15, 0.2) is 0 Å². The zero-order valence-corrected chi connectivity index (χ0v) is 11.2. The molecule has 2 aromatic rings. The third kappa shape index (κ3) is 2.14. The summed E-state index contributed by atoms with van der Waals surface area (Å²) in [6.07, 6.45) is 3.25. The molecular formula is C14H17ClN2O. The Bertz CT molecular complexity index is 556. The van der Waals surface area contributed by atoms with E-state index in [0.717, 1.165) is 31.2 Å². The zero-order valence-electron chi connectivity index (χ0n) is 10.4. The molecule has 1 atom stereocenters. The number of fused-ring (bicyclic) bond motifs is 1. The smallest absolute Gasteiger partial charge is 0.0662 e. The number of hydrogen-bond acceptors (Lipinski definition) is 2. The third-order valence-electron chi connectivity index (χ3n) is 3.50. The summed E-state index contributed by atoms with van der Waals surface area (Å²) in [5.41, 5.74) is 2.48. The predicted octanol–water partition coefficient (Wildman–Crippen LogP) is 2.88. The molecule has 2 heterocycles. The van der Waals surface area contributed by atoms with E-state index in [1.807, 2.05) is 12.1 Å². The van der Waals surface area contributed by atoms with Gasteiger partial charge < -0.3 is 14.6 Å². The highest BCUT2D eigenvalue weighted by atomic mass is 35.5. The average Bonchev–Trinajstić information content (AvgIpc) is 2.58. The molecule has 0 radical (unpaired) electrons. The van der Waals surface area contributed by atoms with Crippen molar-refractivity contribution in [1.29, 1.82) is 0 Å². The summed E-state index contributed by atoms with van der Waals surface area (Å²) >= 11 is 6.11. The van der Waals surface area contributed by atoms with Crippen molar-refractivity contribution in [2.24, 2.45) is 7.05 Å². The molecule has 1 N–H and O–H groups in total. The van der Waals surface area contributed by atoms with E-state index < -0.39 is 0 Å². The van der Waals surface area contributed by atoms with Gasteiger partial charge in [0.2, 0.25) is 0 Å². The van der Waals surface area contributed by atoms with Crippen LogP contribution in [0.15, 0.2) is 24.4 Å². The molecule has 0 amide bonds. The summed E-state index contributed by atoms with van der Waals surface area (Å²) in [4.78, 5) is 0. The van der Waals surface area contributed by atoms with Crippen LogP contribution in [0.3, 0.4) is 0 Å². The minimum Gasteiger partial charge on any atom is -0.379 e. The Kier molecular flexibility index (Phi) is 3.29. The number of halogens is 1. The number of aromatic nitrogens is 1. The molecular weight excluding hydrogens is 248 g/mol. The van der Waals surface area contributed by atoms with Crippen molar-refractivity contribution < 1.29 is 4.74 Å². The molecule has 0 aliphatic carbocycles. The van der Waals surface area contributed by atoms with Gasteiger partial charge in [-0.1, -0.05) is 11.6 Å². The maximum Gasteiger partial charge on any atom is 0.0662 e. The fourth-order valence-corrected chi connectivity index (χ4v) is 2.75. The standard InChI is InChI=1S/C14H17ClN2O/c1-17-8-12(13-9-18-6-2-5-16-13)11-7-10(15)3-4-14(11)17/h3-4,7-8,13,16H,2,5-6,9H2,1H3. The fourth-order valence-electron chi connectivity index (χ4n) is 2.58. The van der Waals surface area contributed by atoms with Crippen LogP contribution in [0.5, 0.6) is 0 Å². The van der Waals surface area contributed by atoms with Crippen LogP contribution in [-0.4, -0.2) is 24.3 Å². The van der Waals surface area contributed by atoms with Gasteiger partial charge in [0.05, 0.1) is 12.6 Å². The summed E-state index contributed by atoms with van der Waals surface area (Å²) in [6.45, 7) is 2.57. The van der Waals surface area contributed by atoms with E-state index in [1.165, 1.54) is 16.5 Å². The Balaban J connectivity index is 2.07. The molecule has 3 nitrogen and oxygen atoms in total. The van der Waals surface area contributed by atoms with Crippen molar-refractivity contribution in [2.75, 3.05) is 19.8 Å². The van der Waals surface area contributed by atoms with Gasteiger partial charge in [0, 0.05) is 35.8 Å². The maximum absolute atomic E-state index is 6.11. The van der Waals surface area contributed by atoms with E-state index >= 15 is 0 Å². The van der Waals surface area contributed by atoms with Crippen molar-refractivity contribution in [1.82, 2.24) is 9.88 Å². The highest BCUT2D eigenvalue weighted by Crippen LogP contribution is 2.29. The van der Waals surface area contributed by atoms with Crippen LogP contribution in [0.4, 0.5) is 0 Å². The molecule has 1 fully saturated rings. The Morgan fingerprint density at radius 1 is 1.44 bits per heavy atom. The summed E-state index contributed by atoms with van der Waals surface area (Å²) in [6, 6.07) is 6.30. The molecule has 1 unspecified atom stereocenters. The number of nitrogens with zero attached hydrogens (tertiary/aromatic N) is 1. The number of hydrogen-bond donors (Lipinski definition) is 1. The first kappa shape index (κ1) is 12.0. The number of aryl methyl sites for hydroxylation is 1. The lowest BCUT2D eigenvalue weighted by Crippen LogP contribution is -2.23. The molecule has 1 saturated heterocycles. The quantitative estimate of drug-likeness (QED) is 0.857. The molecule has 0 bridgehead atoms. The summed E-state index contributed by atoms with van der Waals surface area (Å²) < 4.78 is 7.79. The van der Waals surface area contributed by atoms with Gasteiger partial charge in [-0.2, -0.15) is 0 Å². The minimum absolute atomic E-state index is 0.259. The van der Waals surface area contributed by atoms with E-state index in [0.29, 0.717) is 0 Å². The molecule has 18 heavy (non-hydrogen) atoms. The van der Waals surface area contributed by atoms with E-state index in [4.69, 9.17) is 16.3 Å². The summed E-state index contributed by atoms with van der Waals surface area (Å²) in [5.74, 6) is 0. The minimum atomic E-state index is 0.259. The van der Waals surface area contributed by atoms with Crippen molar-refractivity contribution in [3.63, 3.8) is 0 Å². The summed E-state index contributed by atoms with van der Waals surface area (Å²) in [5, 5.41) is 5.54. The highest BCUT2D eigenvalue weighted by Gasteiger charge is 2.18. The average molecular weight is 265 g/mol. The number of ether oxygens (including phenoxy) is 1. The van der Waals surface area contributed by atoms with Gasteiger partial charge in [-0.25, -0.2) is 0 Å². The topological polar surface area (TPSA) is 26.2 Å². The first-order valence-corrected chi connectivity index (χ1v) is 6.69. The van der Waals surface area contributed by atoms with Crippen LogP contribution in [0.2, 0.25) is 5.02 Å². The second-order valence-electron chi connectivity index (χ2n) is 4.79. The van der Waals surface area contributed by atoms with Gasteiger partial charge in [0.25, 0.3) is 0 Å². The lowest BCUT2D eigenvalue weighted by Gasteiger charge is -2.14. The SMILES string of the molecule is Cn1cc(C2COCCCN2)c2cc(Cl)ccc21. The Morgan fingerprint density at radius 2 is 2.33 bits per heavy atom. The third-order valence-corrected chi connectivity index (χ3v) is 3.73. The lowest BCUT2D eigenvalue weighted by molar-refractivity contribution is 0.132. The lowest BCUT2D eigenvalue weighted by atomic mass is 10.1. The summed E-state index contributed by atoms with van der Waals surface area (Å²) in [7, 11) is 2.07. The molecule has 0 saturated carbocycles. The van der Waals surface area contributed by atoms with Crippen LogP contribution >= 0.6 is 11.6 Å². The molecule has 3 rings (SSSR count). The van der Waals surface area contributed by atoms with Crippen molar-refractivity contribution >= 4 is 22.5 Å². The van der Waals surface area contributed by atoms with Gasteiger partial charge in [-0.05, 0) is 36.7 Å². The van der Waals surface area contributed by atoms with Gasteiger partial charge in [-0.3, -0.25) is 0 Å². The van der Waals surface area contributed by atoms with Crippen LogP contribution in [0.25, 0.3) is 10.9 Å². The molecule has 1 aromatic heterocycles. The van der Waals surface area contributed by atoms with E-state index in [1.54, 1.807) is 0 Å². The molecule has 1 aromatic carbocycles. The first-order chi connectivity index (χ1) is 8.75. The first-order valence-electron chi connectivity index (χ1n) is 6.31. The van der Waals surface area contributed by atoms with Gasteiger partial charge >= 0.3 is 0 Å². The van der Waals surface area contributed by atoms with Gasteiger partial charge in [-0.15, -0.1) is 0 Å². The largest absolute Gasteiger partial charge is 0.379 e. The van der Waals surface area contributed by atoms with Crippen LogP contribution in [-0.2, 0) is 11.8 Å². The second kappa shape index (κ2) is 4.92. The number of rotatable bonds is 1. The van der Waals surface area contributed by atoms with Crippen LogP contribution < -0.4 is 5.32 Å². The molecule has 1 aliphatic rings. The van der Waals surface area contributed by atoms with Crippen LogP contribution in [0, 0.1) is 0 Å². The van der Waals surface area contributed by atoms with Crippen molar-refractivity contribution in [3.05, 3.63) is 35.0 Å². The monoisotopic (exact) mass is 264 g/mol. The molecule has 96 valence electrons. The normalized spacial score (nSPS) is 21.1. The highest BCUT2D eigenvalue weighted by molar-refractivity contribution is 6.31. The van der Waals surface area contributed by atoms with Crippen LogP contribution in [0.1, 0.15) is 18.0 Å². The predicted molar refractivity (Wildman–Crippen MR) is 74.1 cm³/mol. The van der Waals surface area contributed by atoms with E-state index in [9.17, 15) is 0 Å². The Hall–Kier alpha value is -1.03. The van der Waals surface area contributed by atoms with Gasteiger partial charge in [0.1, 0.15) is 0 Å². The fraction of sp³-hybridized carbons (Fsp3) is 0.429. The van der Waals surface area contributed by atoms with E-state index in [-0.39, 0.29) is 6.04 Å². The van der Waals surface area contributed by atoms with Crippen molar-refractivity contribution in [3.8, 4) is 0 Å². The molecule has 4 heteroatoms. The maximum atomic E-state index is 6.11. The molecule has 1 aliphatic heterocycles. The Labute approximate surface area is 112 Å². The second-order valence-corrected chi connectivity index (χ2v) is 5.23. The number of benzene rings is 1. The van der Waals surface area contributed by atoms with E-state index in [2.05, 4.69) is 29.2 Å².